The van der Waals surface area contributed by atoms with Crippen molar-refractivity contribution < 1.29 is 19.0 Å². The van der Waals surface area contributed by atoms with Crippen LogP contribution < -0.4 is 0 Å². The summed E-state index contributed by atoms with van der Waals surface area (Å²) in [6.07, 6.45) is 1.02. The van der Waals surface area contributed by atoms with E-state index in [-0.39, 0.29) is 33.6 Å². The molecule has 19 heavy (non-hydrogen) atoms. The topological polar surface area (TPSA) is 44.8 Å². The Balaban J connectivity index is 4.36. The first kappa shape index (κ1) is 18.3. The van der Waals surface area contributed by atoms with E-state index in [1.165, 1.54) is 0 Å². The maximum atomic E-state index is 11.6. The zero-order valence-electron chi connectivity index (χ0n) is 12.9. The lowest BCUT2D eigenvalue weighted by Crippen LogP contribution is -2.29. The zero-order chi connectivity index (χ0) is 14.8. The van der Waals surface area contributed by atoms with Crippen molar-refractivity contribution in [2.45, 2.75) is 66.1 Å². The second-order valence-corrected chi connectivity index (χ2v) is 5.92. The molecule has 0 aromatic carbocycles. The molecule has 0 spiro atoms. The SMILES string of the molecule is CCCOC(=O)/C(C)=C/[Si]C(OC(C)C)OC(C)C. The molecule has 0 N–H and O–H groups in total. The van der Waals surface area contributed by atoms with Gasteiger partial charge in [-0.25, -0.2) is 4.79 Å². The van der Waals surface area contributed by atoms with Crippen molar-refractivity contribution in [1.82, 2.24) is 0 Å². The fraction of sp³-hybridized carbons (Fsp3) is 0.786. The fourth-order valence-electron chi connectivity index (χ4n) is 1.17. The van der Waals surface area contributed by atoms with Gasteiger partial charge in [-0.1, -0.05) is 12.6 Å². The lowest BCUT2D eigenvalue weighted by molar-refractivity contribution is -0.138. The molecule has 0 aromatic rings. The summed E-state index contributed by atoms with van der Waals surface area (Å²) in [5.41, 5.74) is 2.45. The number of carbonyl (C=O) groups excluding carboxylic acids is 1. The molecule has 0 rings (SSSR count). The van der Waals surface area contributed by atoms with Crippen LogP contribution in [0.25, 0.3) is 0 Å². The summed E-state index contributed by atoms with van der Waals surface area (Å²) in [5, 5.41) is 0. The zero-order valence-corrected chi connectivity index (χ0v) is 13.9. The average Bonchev–Trinajstić information content (AvgIpc) is 2.31. The summed E-state index contributed by atoms with van der Waals surface area (Å²) in [6.45, 7) is 12.0. The highest BCUT2D eigenvalue weighted by Crippen LogP contribution is 2.05. The lowest BCUT2D eigenvalue weighted by Gasteiger charge is -2.21. The van der Waals surface area contributed by atoms with Gasteiger partial charge in [-0.05, 0) is 41.0 Å². The molecule has 0 atom stereocenters. The minimum Gasteiger partial charge on any atom is -0.462 e. The Morgan fingerprint density at radius 1 is 1.16 bits per heavy atom. The van der Waals surface area contributed by atoms with Crippen molar-refractivity contribution in [3.05, 3.63) is 11.3 Å². The first-order chi connectivity index (χ1) is 8.86. The highest BCUT2D eigenvalue weighted by atomic mass is 28.2. The number of ether oxygens (including phenoxy) is 3. The van der Waals surface area contributed by atoms with E-state index in [0.717, 1.165) is 6.42 Å². The van der Waals surface area contributed by atoms with Crippen LogP contribution in [0.5, 0.6) is 0 Å². The van der Waals surface area contributed by atoms with Crippen LogP contribution >= 0.6 is 0 Å². The van der Waals surface area contributed by atoms with Crippen molar-refractivity contribution in [2.24, 2.45) is 0 Å². The standard InChI is InChI=1S/C14H26O4Si/c1-7-8-16-13(15)12(6)9-19-14(17-10(2)3)18-11(4)5/h9-11,14H,7-8H2,1-6H3/b12-9+. The highest BCUT2D eigenvalue weighted by Gasteiger charge is 2.14. The van der Waals surface area contributed by atoms with E-state index in [1.54, 1.807) is 6.92 Å². The Kier molecular flexibility index (Phi) is 9.82. The Hall–Kier alpha value is -0.653. The summed E-state index contributed by atoms with van der Waals surface area (Å²) in [4.78, 5) is 11.6. The first-order valence-corrected chi connectivity index (χ1v) is 7.93. The average molecular weight is 286 g/mol. The number of hydrogen-bond acceptors (Lipinski definition) is 4. The van der Waals surface area contributed by atoms with Crippen LogP contribution in [-0.4, -0.2) is 40.2 Å². The van der Waals surface area contributed by atoms with Gasteiger partial charge in [0.1, 0.15) is 15.4 Å². The molecule has 0 saturated carbocycles. The third kappa shape index (κ3) is 9.87. The number of esters is 1. The van der Waals surface area contributed by atoms with Crippen LogP contribution in [-0.2, 0) is 19.0 Å². The van der Waals surface area contributed by atoms with Gasteiger partial charge in [0, 0.05) is 5.57 Å². The molecule has 0 aliphatic rings. The van der Waals surface area contributed by atoms with Gasteiger partial charge in [0.25, 0.3) is 0 Å². The quantitative estimate of drug-likeness (QED) is 0.283. The summed E-state index contributed by atoms with van der Waals surface area (Å²) in [7, 11) is 0.280. The maximum Gasteiger partial charge on any atom is 0.332 e. The van der Waals surface area contributed by atoms with Gasteiger partial charge in [0.15, 0.2) is 0 Å². The molecular weight excluding hydrogens is 260 g/mol. The molecule has 0 bridgehead atoms. The van der Waals surface area contributed by atoms with E-state index in [9.17, 15) is 4.79 Å². The molecule has 0 aliphatic carbocycles. The van der Waals surface area contributed by atoms with Crippen LogP contribution in [0, 0.1) is 0 Å². The molecule has 110 valence electrons. The molecule has 0 amide bonds. The minimum absolute atomic E-state index is 0.0944. The molecule has 0 aromatic heterocycles. The Morgan fingerprint density at radius 2 is 1.68 bits per heavy atom. The van der Waals surface area contributed by atoms with Crippen molar-refractivity contribution in [1.29, 1.82) is 0 Å². The van der Waals surface area contributed by atoms with Gasteiger partial charge < -0.3 is 14.2 Å². The van der Waals surface area contributed by atoms with Crippen LogP contribution in [0.2, 0.25) is 0 Å². The van der Waals surface area contributed by atoms with E-state index in [1.807, 2.05) is 40.3 Å². The van der Waals surface area contributed by atoms with E-state index in [0.29, 0.717) is 12.2 Å². The maximum absolute atomic E-state index is 11.6. The van der Waals surface area contributed by atoms with Crippen molar-refractivity contribution in [2.75, 3.05) is 6.61 Å². The second-order valence-electron chi connectivity index (χ2n) is 4.83. The molecule has 5 heteroatoms. The van der Waals surface area contributed by atoms with Gasteiger partial charge in [0.2, 0.25) is 0 Å². The van der Waals surface area contributed by atoms with Crippen LogP contribution in [0.15, 0.2) is 11.3 Å². The van der Waals surface area contributed by atoms with Crippen molar-refractivity contribution in [3.8, 4) is 0 Å². The molecule has 2 radical (unpaired) electrons. The second kappa shape index (κ2) is 10.2. The van der Waals surface area contributed by atoms with Gasteiger partial charge >= 0.3 is 5.97 Å². The molecule has 0 saturated heterocycles. The summed E-state index contributed by atoms with van der Waals surface area (Å²) < 4.78 is 16.4. The monoisotopic (exact) mass is 286 g/mol. The number of rotatable bonds is 9. The van der Waals surface area contributed by atoms with E-state index in [2.05, 4.69) is 0 Å². The molecule has 4 nitrogen and oxygen atoms in total. The fourth-order valence-corrected chi connectivity index (χ4v) is 2.37. The number of hydrogen-bond donors (Lipinski definition) is 0. The molecule has 0 fully saturated rings. The van der Waals surface area contributed by atoms with Crippen LogP contribution in [0.3, 0.4) is 0 Å². The van der Waals surface area contributed by atoms with Crippen molar-refractivity contribution >= 4 is 15.5 Å². The van der Waals surface area contributed by atoms with Crippen molar-refractivity contribution in [3.63, 3.8) is 0 Å². The predicted molar refractivity (Wildman–Crippen MR) is 77.0 cm³/mol. The third-order valence-electron chi connectivity index (χ3n) is 1.99. The molecule has 0 aliphatic heterocycles. The minimum atomic E-state index is -0.297. The van der Waals surface area contributed by atoms with E-state index < -0.39 is 0 Å². The summed E-state index contributed by atoms with van der Waals surface area (Å²) >= 11 is 0. The van der Waals surface area contributed by atoms with E-state index >= 15 is 0 Å². The highest BCUT2D eigenvalue weighted by molar-refractivity contribution is 6.44. The summed E-state index contributed by atoms with van der Waals surface area (Å²) in [5.74, 6) is -0.559. The predicted octanol–water partition coefficient (Wildman–Crippen LogP) is 2.68. The largest absolute Gasteiger partial charge is 0.462 e. The summed E-state index contributed by atoms with van der Waals surface area (Å²) in [6, 6.07) is 0. The van der Waals surface area contributed by atoms with Crippen LogP contribution in [0.1, 0.15) is 48.0 Å². The van der Waals surface area contributed by atoms with Crippen LogP contribution in [0.4, 0.5) is 0 Å². The lowest BCUT2D eigenvalue weighted by atomic mass is 10.4. The molecular formula is C14H26O4Si. The first-order valence-electron chi connectivity index (χ1n) is 6.77. The normalized spacial score (nSPS) is 12.6. The van der Waals surface area contributed by atoms with Gasteiger partial charge in [0.05, 0.1) is 18.8 Å². The Bertz CT molecular complexity index is 277. The molecule has 0 heterocycles. The third-order valence-corrected chi connectivity index (χ3v) is 3.13. The van der Waals surface area contributed by atoms with Gasteiger partial charge in [-0.15, -0.1) is 0 Å². The Labute approximate surface area is 119 Å². The van der Waals surface area contributed by atoms with E-state index in [4.69, 9.17) is 14.2 Å². The number of carbonyl (C=O) groups is 1. The molecule has 0 unspecified atom stereocenters. The smallest absolute Gasteiger partial charge is 0.332 e. The van der Waals surface area contributed by atoms with Gasteiger partial charge in [-0.3, -0.25) is 0 Å². The Morgan fingerprint density at radius 3 is 2.11 bits per heavy atom. The van der Waals surface area contributed by atoms with Gasteiger partial charge in [-0.2, -0.15) is 0 Å².